The summed E-state index contributed by atoms with van der Waals surface area (Å²) in [5.41, 5.74) is 3.27. The fraction of sp³-hybridized carbons (Fsp3) is 0. The van der Waals surface area contributed by atoms with Crippen LogP contribution >= 0.6 is 11.6 Å². The van der Waals surface area contributed by atoms with Crippen LogP contribution in [0.3, 0.4) is 0 Å². The van der Waals surface area contributed by atoms with Gasteiger partial charge in [-0.05, 0) is 11.6 Å². The Morgan fingerprint density at radius 2 is 2.50 bits per heavy atom. The molecule has 0 aromatic rings. The van der Waals surface area contributed by atoms with Gasteiger partial charge in [-0.25, -0.2) is 0 Å². The van der Waals surface area contributed by atoms with Crippen LogP contribution in [0.1, 0.15) is 0 Å². The van der Waals surface area contributed by atoms with Crippen LogP contribution in [0.5, 0.6) is 0 Å². The van der Waals surface area contributed by atoms with Crippen molar-refractivity contribution in [2.75, 3.05) is 0 Å². The van der Waals surface area contributed by atoms with E-state index >= 15 is 0 Å². The smallest absolute Gasteiger partial charge is 0.191 e. The third-order valence-corrected chi connectivity index (χ3v) is 0.480. The van der Waals surface area contributed by atoms with E-state index in [2.05, 4.69) is 21.9 Å². The second-order valence-corrected chi connectivity index (χ2v) is 1.02. The molecule has 30 valence electrons. The zero-order valence-electron chi connectivity index (χ0n) is 2.72. The lowest BCUT2D eigenvalue weighted by atomic mass is 11.3. The van der Waals surface area contributed by atoms with Crippen molar-refractivity contribution in [2.24, 2.45) is 10.1 Å². The van der Waals surface area contributed by atoms with Crippen LogP contribution in [0, 0.1) is 0 Å². The third-order valence-electron chi connectivity index (χ3n) is 0.319. The molecular weight excluding hydrogens is 101 g/mol. The molecule has 0 fully saturated rings. The van der Waals surface area contributed by atoms with Crippen LogP contribution in [-0.4, -0.2) is 11.6 Å². The van der Waals surface area contributed by atoms with Crippen molar-refractivity contribution in [3.8, 4) is 0 Å². The molecule has 0 saturated heterocycles. The first-order chi connectivity index (χ1) is 2.89. The van der Waals surface area contributed by atoms with E-state index in [0.717, 1.165) is 0 Å². The second kappa shape index (κ2) is 1.26. The number of amidine groups is 1. The summed E-state index contributed by atoms with van der Waals surface area (Å²) in [4.78, 5) is 3.33. The van der Waals surface area contributed by atoms with Crippen molar-refractivity contribution < 1.29 is 0 Å². The number of rotatable bonds is 0. The summed E-state index contributed by atoms with van der Waals surface area (Å²) in [5, 5.41) is 3.35. The Morgan fingerprint density at radius 3 is 2.67 bits per heavy atom. The zero-order chi connectivity index (χ0) is 4.41. The predicted molar refractivity (Wildman–Crippen MR) is 22.9 cm³/mol. The van der Waals surface area contributed by atoms with E-state index in [1.54, 1.807) is 0 Å². The molecule has 0 atom stereocenters. The Morgan fingerprint density at radius 1 is 1.67 bits per heavy atom. The minimum absolute atomic E-state index is 0.148. The molecule has 0 amide bonds. The van der Waals surface area contributed by atoms with Gasteiger partial charge in [-0.2, -0.15) is 4.99 Å². The number of aliphatic imine (C=N–C) groups is 1. The first-order valence-corrected chi connectivity index (χ1v) is 1.66. The first kappa shape index (κ1) is 3.61. The van der Waals surface area contributed by atoms with Crippen LogP contribution < -0.4 is 5.43 Å². The van der Waals surface area contributed by atoms with E-state index in [4.69, 9.17) is 11.6 Å². The van der Waals surface area contributed by atoms with Gasteiger partial charge in [0.2, 0.25) is 11.6 Å². The van der Waals surface area contributed by atoms with Gasteiger partial charge in [0.15, 0.2) is 0 Å². The van der Waals surface area contributed by atoms with Gasteiger partial charge < -0.3 is 0 Å². The fourth-order valence-electron chi connectivity index (χ4n) is 0.150. The molecule has 0 N–H and O–H groups in total. The maximum absolute atomic E-state index is 5.14. The van der Waals surface area contributed by atoms with Gasteiger partial charge in [-0.15, -0.1) is 10.5 Å². The molecule has 0 saturated carbocycles. The highest BCUT2D eigenvalue weighted by Gasteiger charge is 1.94. The number of hydrogen-bond acceptors (Lipinski definition) is 2. The minimum atomic E-state index is 0.148. The van der Waals surface area contributed by atoms with E-state index in [-0.39, 0.29) is 5.29 Å². The average molecular weight is 101 g/mol. The van der Waals surface area contributed by atoms with E-state index in [1.807, 2.05) is 0 Å². The van der Waals surface area contributed by atoms with Crippen LogP contribution in [0.4, 0.5) is 0 Å². The van der Waals surface area contributed by atoms with Gasteiger partial charge in [-0.3, -0.25) is 0 Å². The molecule has 0 aromatic heterocycles. The number of halogens is 1. The monoisotopic (exact) mass is 101 g/mol. The van der Waals surface area contributed by atoms with Gasteiger partial charge in [-0.1, -0.05) is 0 Å². The molecule has 0 aromatic carbocycles. The van der Waals surface area contributed by atoms with Crippen molar-refractivity contribution in [3.63, 3.8) is 0 Å². The molecule has 6 heavy (non-hydrogen) atoms. The standard InChI is InChI=1S/C2ClN3/c3-2-4-1-5-6-2. The maximum Gasteiger partial charge on any atom is 0.245 e. The highest BCUT2D eigenvalue weighted by atomic mass is 35.5. The van der Waals surface area contributed by atoms with E-state index < -0.39 is 0 Å². The molecule has 0 bridgehead atoms. The summed E-state index contributed by atoms with van der Waals surface area (Å²) < 4.78 is 0. The molecule has 3 nitrogen and oxygen atoms in total. The van der Waals surface area contributed by atoms with Crippen molar-refractivity contribution in [1.82, 2.24) is 5.43 Å². The molecule has 0 aliphatic carbocycles. The lowest BCUT2D eigenvalue weighted by Crippen LogP contribution is -1.93. The van der Waals surface area contributed by atoms with E-state index in [9.17, 15) is 0 Å². The summed E-state index contributed by atoms with van der Waals surface area (Å²) in [6, 6.07) is 0. The summed E-state index contributed by atoms with van der Waals surface area (Å²) in [6.45, 7) is 0. The first-order valence-electron chi connectivity index (χ1n) is 1.28. The van der Waals surface area contributed by atoms with Crippen LogP contribution in [0.15, 0.2) is 10.1 Å². The van der Waals surface area contributed by atoms with Gasteiger partial charge in [0.1, 0.15) is 0 Å². The Labute approximate surface area is 39.7 Å². The molecule has 1 rings (SSSR count). The molecule has 1 aliphatic rings. The van der Waals surface area contributed by atoms with E-state index in [1.165, 1.54) is 0 Å². The second-order valence-electron chi connectivity index (χ2n) is 0.681. The minimum Gasteiger partial charge on any atom is -0.191 e. The lowest BCUT2D eigenvalue weighted by molar-refractivity contribution is 1.06. The quantitative estimate of drug-likeness (QED) is 0.386. The Hall–Kier alpha value is -0.570. The van der Waals surface area contributed by atoms with Gasteiger partial charge in [0, 0.05) is 0 Å². The zero-order valence-corrected chi connectivity index (χ0v) is 3.48. The number of nitrogens with zero attached hydrogens (tertiary/aromatic N) is 3. The van der Waals surface area contributed by atoms with Crippen LogP contribution in [0.2, 0.25) is 0 Å². The lowest BCUT2D eigenvalue weighted by Gasteiger charge is -1.71. The maximum atomic E-state index is 5.14. The van der Waals surface area contributed by atoms with Crippen molar-refractivity contribution in [1.29, 1.82) is 0 Å². The Balaban J connectivity index is 2.61. The fourth-order valence-corrected chi connectivity index (χ4v) is 0.225. The van der Waals surface area contributed by atoms with Crippen molar-refractivity contribution in [3.05, 3.63) is 0 Å². The largest absolute Gasteiger partial charge is 0.245 e. The van der Waals surface area contributed by atoms with Crippen LogP contribution in [-0.2, 0) is 0 Å². The third kappa shape index (κ3) is 0.490. The summed E-state index contributed by atoms with van der Waals surface area (Å²) >= 11 is 5.14. The molecular formula is C2ClN3. The highest BCUT2D eigenvalue weighted by Crippen LogP contribution is 1.86. The molecule has 1 aliphatic heterocycles. The van der Waals surface area contributed by atoms with Crippen LogP contribution in [0.25, 0.3) is 0 Å². The predicted octanol–water partition coefficient (Wildman–Crippen LogP) is 0.0195. The van der Waals surface area contributed by atoms with Gasteiger partial charge >= 0.3 is 0 Å². The summed E-state index contributed by atoms with van der Waals surface area (Å²) in [6.07, 6.45) is 2.19. The summed E-state index contributed by atoms with van der Waals surface area (Å²) in [5.74, 6) is 0. The molecule has 2 radical (unpaired) electrons. The summed E-state index contributed by atoms with van der Waals surface area (Å²) in [7, 11) is 0. The molecule has 4 heteroatoms. The topological polar surface area (TPSA) is 38.8 Å². The number of hydrogen-bond donors (Lipinski definition) is 0. The van der Waals surface area contributed by atoms with Crippen molar-refractivity contribution in [2.45, 2.75) is 0 Å². The SMILES string of the molecule is ClC1=N[C]=N[N]1. The Bertz CT molecular complexity index is 105. The highest BCUT2D eigenvalue weighted by molar-refractivity contribution is 6.65. The molecule has 1 heterocycles. The molecule has 0 spiro atoms. The molecule has 0 unspecified atom stereocenters. The van der Waals surface area contributed by atoms with E-state index in [0.29, 0.717) is 0 Å². The Kier molecular flexibility index (Phi) is 0.759. The normalized spacial score (nSPS) is 17.2. The average Bonchev–Trinajstić information content (AvgIpc) is 1.86. The van der Waals surface area contributed by atoms with Gasteiger partial charge in [0.05, 0.1) is 0 Å². The van der Waals surface area contributed by atoms with Crippen molar-refractivity contribution >= 4 is 23.2 Å². The van der Waals surface area contributed by atoms with Gasteiger partial charge in [0.25, 0.3) is 0 Å².